The molecule has 0 aromatic heterocycles. The molecule has 1 nitrogen and oxygen atoms in total. The Labute approximate surface area is 123 Å². The Morgan fingerprint density at radius 2 is 1.56 bits per heavy atom. The zero-order valence-electron chi connectivity index (χ0n) is 12.9. The maximum atomic E-state index is 4.32. The zero-order valence-corrected chi connectivity index (χ0v) is 15.4. The molecule has 0 saturated heterocycles. The second kappa shape index (κ2) is 8.72. The molecule has 0 saturated carbocycles. The first-order valence-corrected chi connectivity index (χ1v) is 12.4. The molecule has 0 atom stereocenters. The van der Waals surface area contributed by atoms with E-state index < -0.39 is 5.31 Å². The number of hydrogen-bond donors (Lipinski definition) is 0. The van der Waals surface area contributed by atoms with Gasteiger partial charge in [-0.1, -0.05) is 0 Å². The van der Waals surface area contributed by atoms with E-state index in [9.17, 15) is 0 Å². The van der Waals surface area contributed by atoms with E-state index in [0.717, 1.165) is 0 Å². The molecule has 0 heterocycles. The van der Waals surface area contributed by atoms with Crippen LogP contribution in [0.3, 0.4) is 0 Å². The first-order valence-electron chi connectivity index (χ1n) is 7.38. The van der Waals surface area contributed by atoms with Crippen LogP contribution in [0.5, 0.6) is 0 Å². The van der Waals surface area contributed by atoms with Crippen LogP contribution in [0.4, 0.5) is 0 Å². The van der Waals surface area contributed by atoms with Gasteiger partial charge >= 0.3 is 123 Å². The van der Waals surface area contributed by atoms with Crippen molar-refractivity contribution in [2.45, 2.75) is 39.5 Å². The molecular formula is C15H33BrNP. The predicted molar refractivity (Wildman–Crippen MR) is 93.9 cm³/mol. The third-order valence-electron chi connectivity index (χ3n) is 3.83. The van der Waals surface area contributed by atoms with Gasteiger partial charge < -0.3 is 0 Å². The van der Waals surface area contributed by atoms with Crippen molar-refractivity contribution in [1.82, 2.24) is 4.90 Å². The Balaban J connectivity index is 4.91. The van der Waals surface area contributed by atoms with Crippen molar-refractivity contribution in [1.29, 1.82) is 0 Å². The quantitative estimate of drug-likeness (QED) is 0.370. The van der Waals surface area contributed by atoms with Crippen LogP contribution in [0.2, 0.25) is 0 Å². The maximum absolute atomic E-state index is 4.32. The number of unbranched alkanes of at least 4 members (excludes halogenated alkanes) is 2. The van der Waals surface area contributed by atoms with Gasteiger partial charge in [-0.05, 0) is 0 Å². The van der Waals surface area contributed by atoms with Gasteiger partial charge in [0, 0.05) is 0 Å². The van der Waals surface area contributed by atoms with Gasteiger partial charge in [-0.3, -0.25) is 0 Å². The Bertz CT molecular complexity index is 233. The van der Waals surface area contributed by atoms with Gasteiger partial charge in [0.1, 0.15) is 0 Å². The summed E-state index contributed by atoms with van der Waals surface area (Å²) in [4.78, 5) is 2.32. The van der Waals surface area contributed by atoms with Gasteiger partial charge in [-0.25, -0.2) is 0 Å². The topological polar surface area (TPSA) is 3.24 Å². The summed E-state index contributed by atoms with van der Waals surface area (Å²) in [7, 11) is 4.36. The average molecular weight is 338 g/mol. The molecule has 3 heteroatoms. The summed E-state index contributed by atoms with van der Waals surface area (Å²) in [5.74, 6) is 0. The molecule has 0 rings (SSSR count). The Hall–Kier alpha value is 0.610. The van der Waals surface area contributed by atoms with E-state index in [-0.39, 0.29) is 0 Å². The van der Waals surface area contributed by atoms with Crippen molar-refractivity contribution in [2.24, 2.45) is 0 Å². The van der Waals surface area contributed by atoms with E-state index in [1.165, 1.54) is 56.9 Å². The van der Waals surface area contributed by atoms with Gasteiger partial charge in [-0.2, -0.15) is 0 Å². The molecule has 0 aliphatic rings. The zero-order chi connectivity index (χ0) is 14.1. The third-order valence-corrected chi connectivity index (χ3v) is 13.2. The standard InChI is InChI=1S/C15H33BrNP/c1-6-9-13-18(16,12-8-3,14-10-7-2)15-11-17(4)5/h8H,3,6-7,9-15H2,1-2,4-5H3. The molecule has 0 aliphatic heterocycles. The van der Waals surface area contributed by atoms with Gasteiger partial charge in [0.05, 0.1) is 0 Å². The summed E-state index contributed by atoms with van der Waals surface area (Å²) in [6.45, 7) is 9.82. The van der Waals surface area contributed by atoms with Crippen LogP contribution in [0, 0.1) is 0 Å². The molecule has 0 spiro atoms. The summed E-state index contributed by atoms with van der Waals surface area (Å²) < 4.78 is 0. The second-order valence-corrected chi connectivity index (χ2v) is 17.3. The van der Waals surface area contributed by atoms with Gasteiger partial charge in [0.2, 0.25) is 0 Å². The van der Waals surface area contributed by atoms with Crippen molar-refractivity contribution in [3.8, 4) is 0 Å². The van der Waals surface area contributed by atoms with Gasteiger partial charge in [-0.15, -0.1) is 0 Å². The first-order chi connectivity index (χ1) is 8.40. The summed E-state index contributed by atoms with van der Waals surface area (Å²) in [6.07, 6.45) is 12.8. The molecule has 0 bridgehead atoms. The number of halogens is 1. The molecule has 0 N–H and O–H groups in total. The molecule has 0 amide bonds. The summed E-state index contributed by atoms with van der Waals surface area (Å²) in [5, 5.41) is -1.73. The SMILES string of the molecule is C=CCP(Br)(CCCC)(CCCC)CCN(C)C. The Morgan fingerprint density at radius 3 is 1.89 bits per heavy atom. The molecule has 0 aliphatic carbocycles. The van der Waals surface area contributed by atoms with Crippen LogP contribution in [-0.2, 0) is 0 Å². The number of allylic oxidation sites excluding steroid dienone is 1. The fourth-order valence-electron chi connectivity index (χ4n) is 2.49. The van der Waals surface area contributed by atoms with E-state index in [4.69, 9.17) is 0 Å². The fraction of sp³-hybridized carbons (Fsp3) is 0.867. The molecule has 18 heavy (non-hydrogen) atoms. The van der Waals surface area contributed by atoms with Gasteiger partial charge in [0.15, 0.2) is 0 Å². The van der Waals surface area contributed by atoms with Crippen LogP contribution in [0.25, 0.3) is 0 Å². The van der Waals surface area contributed by atoms with E-state index >= 15 is 0 Å². The minimum absolute atomic E-state index is 1.20. The van der Waals surface area contributed by atoms with Crippen molar-refractivity contribution in [3.63, 3.8) is 0 Å². The van der Waals surface area contributed by atoms with Crippen molar-refractivity contribution < 1.29 is 0 Å². The molecule has 0 unspecified atom stereocenters. The van der Waals surface area contributed by atoms with Crippen LogP contribution < -0.4 is 0 Å². The average Bonchev–Trinajstić information content (AvgIpc) is 2.33. The predicted octanol–water partition coefficient (Wildman–Crippen LogP) is 5.20. The van der Waals surface area contributed by atoms with Crippen molar-refractivity contribution >= 4 is 20.8 Å². The molecule has 0 fully saturated rings. The van der Waals surface area contributed by atoms with Crippen LogP contribution >= 0.6 is 20.8 Å². The van der Waals surface area contributed by atoms with E-state index in [2.05, 4.69) is 61.0 Å². The van der Waals surface area contributed by atoms with E-state index in [1.807, 2.05) is 0 Å². The molecule has 0 aromatic carbocycles. The fourth-order valence-corrected chi connectivity index (χ4v) is 10.1. The third kappa shape index (κ3) is 6.68. The molecule has 110 valence electrons. The van der Waals surface area contributed by atoms with Crippen LogP contribution in [0.15, 0.2) is 12.7 Å². The number of hydrogen-bond acceptors (Lipinski definition) is 1. The van der Waals surface area contributed by atoms with E-state index in [1.54, 1.807) is 0 Å². The molecular weight excluding hydrogens is 305 g/mol. The molecule has 0 aromatic rings. The second-order valence-electron chi connectivity index (χ2n) is 5.97. The monoisotopic (exact) mass is 337 g/mol. The first kappa shape index (κ1) is 18.6. The van der Waals surface area contributed by atoms with Crippen LogP contribution in [-0.4, -0.2) is 50.2 Å². The number of nitrogens with zero attached hydrogens (tertiary/aromatic N) is 1. The number of rotatable bonds is 11. The summed E-state index contributed by atoms with van der Waals surface area (Å²) in [6, 6.07) is 0. The summed E-state index contributed by atoms with van der Waals surface area (Å²) in [5.41, 5.74) is 0. The normalized spacial score (nSPS) is 14.4. The summed E-state index contributed by atoms with van der Waals surface area (Å²) >= 11 is 4.32. The van der Waals surface area contributed by atoms with Crippen LogP contribution in [0.1, 0.15) is 39.5 Å². The minimum atomic E-state index is -1.73. The Kier molecular flexibility index (Phi) is 9.01. The Morgan fingerprint density at radius 1 is 1.06 bits per heavy atom. The van der Waals surface area contributed by atoms with Gasteiger partial charge in [0.25, 0.3) is 0 Å². The van der Waals surface area contributed by atoms with Crippen molar-refractivity contribution in [2.75, 3.05) is 45.3 Å². The van der Waals surface area contributed by atoms with E-state index in [0.29, 0.717) is 0 Å². The molecule has 0 radical (unpaired) electrons. The van der Waals surface area contributed by atoms with Crippen molar-refractivity contribution in [3.05, 3.63) is 12.7 Å².